The summed E-state index contributed by atoms with van der Waals surface area (Å²) in [5, 5.41) is 0. The lowest BCUT2D eigenvalue weighted by Crippen LogP contribution is -2.37. The third-order valence-corrected chi connectivity index (χ3v) is 7.43. The predicted molar refractivity (Wildman–Crippen MR) is 132 cm³/mol. The van der Waals surface area contributed by atoms with Crippen LogP contribution in [0.4, 0.5) is 26.3 Å². The van der Waals surface area contributed by atoms with Crippen LogP contribution in [0.1, 0.15) is 55.9 Å². The third kappa shape index (κ3) is 6.09. The molecule has 1 aliphatic carbocycles. The molecule has 0 spiro atoms. The zero-order valence-electron chi connectivity index (χ0n) is 21.2. The van der Waals surface area contributed by atoms with E-state index >= 15 is 8.78 Å². The molecule has 0 radical (unpaired) electrons. The lowest BCUT2D eigenvalue weighted by atomic mass is 9.78. The van der Waals surface area contributed by atoms with Crippen LogP contribution in [0.25, 0.3) is 11.1 Å². The molecule has 0 atom stereocenters. The van der Waals surface area contributed by atoms with Gasteiger partial charge in [-0.25, -0.2) is 17.6 Å². The molecule has 1 heterocycles. The van der Waals surface area contributed by atoms with Crippen LogP contribution in [-0.2, 0) is 9.47 Å². The minimum absolute atomic E-state index is 0.0664. The monoisotopic (exact) mass is 550 g/mol. The van der Waals surface area contributed by atoms with E-state index in [0.29, 0.717) is 37.2 Å². The molecule has 9 heteroatoms. The first kappa shape index (κ1) is 27.5. The molecule has 0 aromatic heterocycles. The topological polar surface area (TPSA) is 27.7 Å². The second-order valence-electron chi connectivity index (χ2n) is 10.4. The molecule has 2 aliphatic rings. The highest BCUT2D eigenvalue weighted by atomic mass is 19.3. The van der Waals surface area contributed by atoms with Gasteiger partial charge in [-0.1, -0.05) is 25.1 Å². The Morgan fingerprint density at radius 3 is 2.10 bits per heavy atom. The van der Waals surface area contributed by atoms with Gasteiger partial charge in [0.2, 0.25) is 0 Å². The normalized spacial score (nSPS) is 24.0. The van der Waals surface area contributed by atoms with Crippen molar-refractivity contribution in [3.63, 3.8) is 0 Å². The summed E-state index contributed by atoms with van der Waals surface area (Å²) in [6.45, 7) is 3.05. The molecule has 39 heavy (non-hydrogen) atoms. The maximum absolute atomic E-state index is 15.0. The van der Waals surface area contributed by atoms with Crippen LogP contribution in [0.5, 0.6) is 5.75 Å². The van der Waals surface area contributed by atoms with Crippen molar-refractivity contribution in [2.24, 2.45) is 11.8 Å². The SMILES string of the molecule is CC1COC(c2ccc(C3CCC(C(F)(F)Oc4ccc(-c5ccc(F)c(F)c5)c(F)c4)CC3)c(F)c2)OC1. The first-order valence-corrected chi connectivity index (χ1v) is 12.9. The summed E-state index contributed by atoms with van der Waals surface area (Å²) in [6.07, 6.45) is -3.31. The number of hydrogen-bond donors (Lipinski definition) is 0. The summed E-state index contributed by atoms with van der Waals surface area (Å²) in [6, 6.07) is 10.8. The van der Waals surface area contributed by atoms with E-state index in [9.17, 15) is 17.6 Å². The summed E-state index contributed by atoms with van der Waals surface area (Å²) in [5.74, 6) is -5.00. The minimum Gasteiger partial charge on any atom is -0.432 e. The van der Waals surface area contributed by atoms with Crippen molar-refractivity contribution >= 4 is 0 Å². The molecule has 0 bridgehead atoms. The van der Waals surface area contributed by atoms with Crippen LogP contribution < -0.4 is 4.74 Å². The quantitative estimate of drug-likeness (QED) is 0.288. The molecule has 1 saturated heterocycles. The van der Waals surface area contributed by atoms with Gasteiger partial charge in [0.05, 0.1) is 19.1 Å². The van der Waals surface area contributed by atoms with Crippen LogP contribution in [0, 0.1) is 35.1 Å². The van der Waals surface area contributed by atoms with Gasteiger partial charge in [-0.15, -0.1) is 0 Å². The fourth-order valence-electron chi connectivity index (χ4n) is 5.25. The van der Waals surface area contributed by atoms with Gasteiger partial charge < -0.3 is 14.2 Å². The van der Waals surface area contributed by atoms with E-state index in [-0.39, 0.29) is 41.6 Å². The molecule has 3 aromatic rings. The molecule has 0 unspecified atom stereocenters. The molecule has 3 aromatic carbocycles. The van der Waals surface area contributed by atoms with E-state index in [1.165, 1.54) is 18.2 Å². The first-order valence-electron chi connectivity index (χ1n) is 12.9. The maximum Gasteiger partial charge on any atom is 0.400 e. The zero-order valence-corrected chi connectivity index (χ0v) is 21.2. The second-order valence-corrected chi connectivity index (χ2v) is 10.4. The van der Waals surface area contributed by atoms with Crippen LogP contribution >= 0.6 is 0 Å². The van der Waals surface area contributed by atoms with E-state index in [0.717, 1.165) is 24.3 Å². The average molecular weight is 551 g/mol. The Kier molecular flexibility index (Phi) is 7.91. The molecular weight excluding hydrogens is 522 g/mol. The highest BCUT2D eigenvalue weighted by Gasteiger charge is 2.44. The smallest absolute Gasteiger partial charge is 0.400 e. The Labute approximate surface area is 222 Å². The molecule has 0 amide bonds. The van der Waals surface area contributed by atoms with Crippen molar-refractivity contribution in [2.75, 3.05) is 13.2 Å². The van der Waals surface area contributed by atoms with Crippen molar-refractivity contribution in [3.8, 4) is 16.9 Å². The lowest BCUT2D eigenvalue weighted by molar-refractivity contribution is -0.222. The van der Waals surface area contributed by atoms with Gasteiger partial charge in [-0.2, -0.15) is 8.78 Å². The van der Waals surface area contributed by atoms with Crippen LogP contribution in [-0.4, -0.2) is 19.3 Å². The molecular formula is C30H28F6O3. The molecule has 1 saturated carbocycles. The van der Waals surface area contributed by atoms with Crippen molar-refractivity contribution in [2.45, 2.75) is 50.9 Å². The number of rotatable bonds is 6. The third-order valence-electron chi connectivity index (χ3n) is 7.43. The highest BCUT2D eigenvalue weighted by molar-refractivity contribution is 5.65. The van der Waals surface area contributed by atoms with Crippen molar-refractivity contribution in [1.29, 1.82) is 0 Å². The number of alkyl halides is 2. The van der Waals surface area contributed by atoms with Gasteiger partial charge in [-0.05, 0) is 73.1 Å². The Morgan fingerprint density at radius 1 is 0.744 bits per heavy atom. The fourth-order valence-corrected chi connectivity index (χ4v) is 5.25. The summed E-state index contributed by atoms with van der Waals surface area (Å²) in [5.41, 5.74) is 1.05. The van der Waals surface area contributed by atoms with Crippen LogP contribution in [0.3, 0.4) is 0 Å². The first-order chi connectivity index (χ1) is 18.6. The summed E-state index contributed by atoms with van der Waals surface area (Å²) in [7, 11) is 0. The number of halogens is 6. The Balaban J connectivity index is 1.20. The Hall–Kier alpha value is -3.04. The van der Waals surface area contributed by atoms with Gasteiger partial charge in [0.15, 0.2) is 17.9 Å². The van der Waals surface area contributed by atoms with Gasteiger partial charge in [0.25, 0.3) is 0 Å². The summed E-state index contributed by atoms with van der Waals surface area (Å²) in [4.78, 5) is 0. The van der Waals surface area contributed by atoms with Gasteiger partial charge in [0, 0.05) is 23.1 Å². The van der Waals surface area contributed by atoms with Crippen molar-refractivity contribution in [1.82, 2.24) is 0 Å². The average Bonchev–Trinajstić information content (AvgIpc) is 2.91. The van der Waals surface area contributed by atoms with E-state index in [1.807, 2.05) is 6.92 Å². The van der Waals surface area contributed by atoms with Gasteiger partial charge >= 0.3 is 6.11 Å². The fraction of sp³-hybridized carbons (Fsp3) is 0.400. The molecule has 208 valence electrons. The molecule has 0 N–H and O–H groups in total. The number of ether oxygens (including phenoxy) is 3. The highest BCUT2D eigenvalue weighted by Crippen LogP contribution is 2.44. The largest absolute Gasteiger partial charge is 0.432 e. The summed E-state index contributed by atoms with van der Waals surface area (Å²) >= 11 is 0. The van der Waals surface area contributed by atoms with Crippen molar-refractivity contribution < 1.29 is 40.6 Å². The number of benzene rings is 3. The Bertz CT molecular complexity index is 1310. The van der Waals surface area contributed by atoms with E-state index < -0.39 is 41.6 Å². The van der Waals surface area contributed by atoms with E-state index in [4.69, 9.17) is 14.2 Å². The maximum atomic E-state index is 15.0. The predicted octanol–water partition coefficient (Wildman–Crippen LogP) is 8.54. The molecule has 3 nitrogen and oxygen atoms in total. The lowest BCUT2D eigenvalue weighted by Gasteiger charge is -2.34. The minimum atomic E-state index is -3.57. The van der Waals surface area contributed by atoms with Crippen molar-refractivity contribution in [3.05, 3.63) is 89.0 Å². The number of hydrogen-bond acceptors (Lipinski definition) is 3. The Morgan fingerprint density at radius 2 is 1.46 bits per heavy atom. The van der Waals surface area contributed by atoms with Gasteiger partial charge in [-0.3, -0.25) is 0 Å². The molecule has 1 aliphatic heterocycles. The zero-order chi connectivity index (χ0) is 27.7. The standard InChI is InChI=1S/C30H28F6O3/c1-17-15-37-29(38-16-17)20-4-9-23(26(32)13-20)18-2-6-21(7-3-18)30(35,36)39-22-8-10-24(27(33)14-22)19-5-11-25(31)28(34)12-19/h4-5,8-14,17-18,21,29H,2-3,6-7,15-16H2,1H3. The molecule has 5 rings (SSSR count). The van der Waals surface area contributed by atoms with Crippen LogP contribution in [0.2, 0.25) is 0 Å². The van der Waals surface area contributed by atoms with Crippen LogP contribution in [0.15, 0.2) is 54.6 Å². The van der Waals surface area contributed by atoms with Gasteiger partial charge in [0.1, 0.15) is 17.4 Å². The second kappa shape index (κ2) is 11.2. The molecule has 2 fully saturated rings. The van der Waals surface area contributed by atoms with E-state index in [2.05, 4.69) is 0 Å². The van der Waals surface area contributed by atoms with E-state index in [1.54, 1.807) is 12.1 Å². The summed E-state index contributed by atoms with van der Waals surface area (Å²) < 4.78 is 102.